The number of esters is 2. The molecule has 1 fully saturated rings. The third-order valence-corrected chi connectivity index (χ3v) is 2.80. The van der Waals surface area contributed by atoms with Crippen molar-refractivity contribution in [1.29, 1.82) is 0 Å². The van der Waals surface area contributed by atoms with Crippen molar-refractivity contribution in [3.05, 3.63) is 54.1 Å². The van der Waals surface area contributed by atoms with Gasteiger partial charge in [0.2, 0.25) is 0 Å². The predicted octanol–water partition coefficient (Wildman–Crippen LogP) is 2.32. The first-order valence-corrected chi connectivity index (χ1v) is 5.91. The van der Waals surface area contributed by atoms with Gasteiger partial charge in [-0.3, -0.25) is 4.79 Å². The summed E-state index contributed by atoms with van der Waals surface area (Å²) in [7, 11) is 0. The number of benzene rings is 1. The average Bonchev–Trinajstić information content (AvgIpc) is 2.78. The summed E-state index contributed by atoms with van der Waals surface area (Å²) in [5.74, 6) is -0.957. The van der Waals surface area contributed by atoms with E-state index >= 15 is 0 Å². The van der Waals surface area contributed by atoms with Crippen molar-refractivity contribution in [2.75, 3.05) is 6.61 Å². The molecule has 1 aromatic carbocycles. The SMILES string of the molecule is C=C[C@@H]1COC(=O)/C1=C(\OC(C)=O)c1ccccc1. The minimum absolute atomic E-state index is 0.231. The third kappa shape index (κ3) is 2.73. The van der Waals surface area contributed by atoms with Crippen LogP contribution in [0, 0.1) is 5.92 Å². The van der Waals surface area contributed by atoms with E-state index in [1.807, 2.05) is 18.2 Å². The largest absolute Gasteiger partial charge is 0.461 e. The van der Waals surface area contributed by atoms with Crippen LogP contribution in [0.2, 0.25) is 0 Å². The molecule has 1 saturated heterocycles. The number of cyclic esters (lactones) is 1. The van der Waals surface area contributed by atoms with E-state index in [0.717, 1.165) is 0 Å². The summed E-state index contributed by atoms with van der Waals surface area (Å²) < 4.78 is 10.2. The Morgan fingerprint density at radius 3 is 2.68 bits per heavy atom. The van der Waals surface area contributed by atoms with Crippen molar-refractivity contribution >= 4 is 17.7 Å². The van der Waals surface area contributed by atoms with Crippen LogP contribution in [-0.2, 0) is 19.1 Å². The lowest BCUT2D eigenvalue weighted by atomic mass is 9.98. The van der Waals surface area contributed by atoms with Crippen LogP contribution >= 0.6 is 0 Å². The van der Waals surface area contributed by atoms with E-state index in [1.165, 1.54) is 6.92 Å². The molecule has 0 radical (unpaired) electrons. The van der Waals surface area contributed by atoms with Crippen molar-refractivity contribution in [2.24, 2.45) is 5.92 Å². The van der Waals surface area contributed by atoms with Crippen LogP contribution in [0.25, 0.3) is 5.76 Å². The van der Waals surface area contributed by atoms with Gasteiger partial charge in [0.25, 0.3) is 0 Å². The van der Waals surface area contributed by atoms with E-state index < -0.39 is 11.9 Å². The summed E-state index contributed by atoms with van der Waals surface area (Å²) in [6.07, 6.45) is 1.62. The van der Waals surface area contributed by atoms with Crippen LogP contribution < -0.4 is 0 Å². The molecule has 4 heteroatoms. The number of hydrogen-bond acceptors (Lipinski definition) is 4. The molecule has 1 atom stereocenters. The highest BCUT2D eigenvalue weighted by Gasteiger charge is 2.33. The number of ether oxygens (including phenoxy) is 2. The van der Waals surface area contributed by atoms with E-state index in [2.05, 4.69) is 6.58 Å². The quantitative estimate of drug-likeness (QED) is 0.361. The van der Waals surface area contributed by atoms with E-state index in [1.54, 1.807) is 18.2 Å². The van der Waals surface area contributed by atoms with Gasteiger partial charge in [-0.15, -0.1) is 6.58 Å². The summed E-state index contributed by atoms with van der Waals surface area (Å²) in [6, 6.07) is 9.01. The molecule has 0 spiro atoms. The van der Waals surface area contributed by atoms with Crippen molar-refractivity contribution in [1.82, 2.24) is 0 Å². The lowest BCUT2D eigenvalue weighted by Gasteiger charge is -2.11. The van der Waals surface area contributed by atoms with Gasteiger partial charge in [-0.1, -0.05) is 36.4 Å². The third-order valence-electron chi connectivity index (χ3n) is 2.80. The lowest BCUT2D eigenvalue weighted by molar-refractivity contribution is -0.135. The fraction of sp³-hybridized carbons (Fsp3) is 0.200. The van der Waals surface area contributed by atoms with E-state index in [-0.39, 0.29) is 18.3 Å². The molecular weight excluding hydrogens is 244 g/mol. The zero-order valence-electron chi connectivity index (χ0n) is 10.6. The molecule has 0 aliphatic carbocycles. The number of hydrogen-bond donors (Lipinski definition) is 0. The Bertz CT molecular complexity index is 543. The Morgan fingerprint density at radius 1 is 1.42 bits per heavy atom. The van der Waals surface area contributed by atoms with E-state index in [4.69, 9.17) is 9.47 Å². The van der Waals surface area contributed by atoms with Crippen LogP contribution in [0.1, 0.15) is 12.5 Å². The summed E-state index contributed by atoms with van der Waals surface area (Å²) in [5.41, 5.74) is 1.01. The van der Waals surface area contributed by atoms with Crippen molar-refractivity contribution in [2.45, 2.75) is 6.92 Å². The van der Waals surface area contributed by atoms with Crippen LogP contribution in [0.15, 0.2) is 48.6 Å². The first-order valence-electron chi connectivity index (χ1n) is 5.91. The van der Waals surface area contributed by atoms with Crippen molar-refractivity contribution in [3.63, 3.8) is 0 Å². The van der Waals surface area contributed by atoms with E-state index in [0.29, 0.717) is 11.1 Å². The summed E-state index contributed by atoms with van der Waals surface area (Å²) in [6.45, 7) is 5.21. The molecule has 4 nitrogen and oxygen atoms in total. The Labute approximate surface area is 111 Å². The Kier molecular flexibility index (Phi) is 3.80. The molecule has 0 N–H and O–H groups in total. The number of carbonyl (C=O) groups excluding carboxylic acids is 2. The molecule has 0 aromatic heterocycles. The topological polar surface area (TPSA) is 52.6 Å². The maximum atomic E-state index is 11.8. The highest BCUT2D eigenvalue weighted by atomic mass is 16.6. The van der Waals surface area contributed by atoms with E-state index in [9.17, 15) is 9.59 Å². The number of rotatable bonds is 3. The van der Waals surface area contributed by atoms with Crippen LogP contribution in [0.5, 0.6) is 0 Å². The maximum Gasteiger partial charge on any atom is 0.338 e. The van der Waals surface area contributed by atoms with Gasteiger partial charge in [0.05, 0.1) is 5.57 Å². The minimum Gasteiger partial charge on any atom is -0.461 e. The Balaban J connectivity index is 2.56. The fourth-order valence-electron chi connectivity index (χ4n) is 1.93. The Morgan fingerprint density at radius 2 is 2.11 bits per heavy atom. The summed E-state index contributed by atoms with van der Waals surface area (Å²) in [4.78, 5) is 23.1. The second kappa shape index (κ2) is 5.52. The number of carbonyl (C=O) groups is 2. The molecule has 19 heavy (non-hydrogen) atoms. The van der Waals surface area contributed by atoms with Crippen LogP contribution in [0.4, 0.5) is 0 Å². The van der Waals surface area contributed by atoms with Gasteiger partial charge < -0.3 is 9.47 Å². The monoisotopic (exact) mass is 258 g/mol. The van der Waals surface area contributed by atoms with Gasteiger partial charge >= 0.3 is 11.9 Å². The molecule has 0 amide bonds. The second-order valence-electron chi connectivity index (χ2n) is 4.14. The highest BCUT2D eigenvalue weighted by molar-refractivity contribution is 6.00. The smallest absolute Gasteiger partial charge is 0.338 e. The van der Waals surface area contributed by atoms with Crippen molar-refractivity contribution in [3.8, 4) is 0 Å². The predicted molar refractivity (Wildman–Crippen MR) is 69.8 cm³/mol. The second-order valence-corrected chi connectivity index (χ2v) is 4.14. The molecule has 1 aliphatic heterocycles. The van der Waals surface area contributed by atoms with Crippen molar-refractivity contribution < 1.29 is 19.1 Å². The highest BCUT2D eigenvalue weighted by Crippen LogP contribution is 2.31. The van der Waals surface area contributed by atoms with Gasteiger partial charge in [-0.25, -0.2) is 4.79 Å². The average molecular weight is 258 g/mol. The van der Waals surface area contributed by atoms with Crippen LogP contribution in [0.3, 0.4) is 0 Å². The first kappa shape index (κ1) is 13.1. The molecule has 0 saturated carbocycles. The first-order chi connectivity index (χ1) is 9.13. The zero-order valence-corrected chi connectivity index (χ0v) is 10.6. The van der Waals surface area contributed by atoms with Gasteiger partial charge in [0, 0.05) is 18.4 Å². The molecule has 0 bridgehead atoms. The van der Waals surface area contributed by atoms with Crippen LogP contribution in [-0.4, -0.2) is 18.5 Å². The molecule has 0 unspecified atom stereocenters. The van der Waals surface area contributed by atoms with Gasteiger partial charge in [0.1, 0.15) is 12.4 Å². The molecule has 1 aromatic rings. The zero-order chi connectivity index (χ0) is 13.8. The normalized spacial score (nSPS) is 20.7. The molecule has 1 aliphatic rings. The summed E-state index contributed by atoms with van der Waals surface area (Å²) in [5, 5.41) is 0. The summed E-state index contributed by atoms with van der Waals surface area (Å²) >= 11 is 0. The Hall–Kier alpha value is -2.36. The van der Waals surface area contributed by atoms with Gasteiger partial charge in [-0.2, -0.15) is 0 Å². The lowest BCUT2D eigenvalue weighted by Crippen LogP contribution is -2.09. The molecular formula is C15H14O4. The minimum atomic E-state index is -0.478. The standard InChI is InChI=1S/C15H14O4/c1-3-11-9-18-15(17)13(11)14(19-10(2)16)12-7-5-4-6-8-12/h3-8,11H,1,9H2,2H3/b14-13-/t11-/m1/s1. The maximum absolute atomic E-state index is 11.8. The molecule has 2 rings (SSSR count). The molecule has 1 heterocycles. The fourth-order valence-corrected chi connectivity index (χ4v) is 1.93. The van der Waals surface area contributed by atoms with Gasteiger partial charge in [0.15, 0.2) is 0 Å². The molecule has 98 valence electrons. The van der Waals surface area contributed by atoms with Gasteiger partial charge in [-0.05, 0) is 0 Å².